The number of rotatable bonds is 7. The van der Waals surface area contributed by atoms with Crippen molar-refractivity contribution in [2.24, 2.45) is 0 Å². The van der Waals surface area contributed by atoms with Gasteiger partial charge < -0.3 is 16.0 Å². The van der Waals surface area contributed by atoms with Crippen molar-refractivity contribution in [3.05, 3.63) is 59.7 Å². The molecule has 0 aliphatic carbocycles. The standard InChI is InChI=1S/C20H25N3O2/c1-3-23(4-2)20(25)16-8-6-10-18(14-16)22-19(24)12-11-15-7-5-9-17(21)13-15/h5-10,13-14H,3-4,11-12,21H2,1-2H3,(H,22,24). The molecule has 0 saturated carbocycles. The summed E-state index contributed by atoms with van der Waals surface area (Å²) in [5.74, 6) is -0.115. The lowest BCUT2D eigenvalue weighted by atomic mass is 10.1. The van der Waals surface area contributed by atoms with Gasteiger partial charge in [0, 0.05) is 36.4 Å². The number of anilines is 2. The van der Waals surface area contributed by atoms with Crippen molar-refractivity contribution in [3.8, 4) is 0 Å². The molecule has 5 heteroatoms. The summed E-state index contributed by atoms with van der Waals surface area (Å²) in [6.45, 7) is 5.21. The Bertz CT molecular complexity index is 739. The molecular weight excluding hydrogens is 314 g/mol. The molecule has 0 aliphatic rings. The Morgan fingerprint density at radius 1 is 1.04 bits per heavy atom. The fraction of sp³-hybridized carbons (Fsp3) is 0.300. The van der Waals surface area contributed by atoms with E-state index in [2.05, 4.69) is 5.32 Å². The number of benzene rings is 2. The van der Waals surface area contributed by atoms with E-state index in [9.17, 15) is 9.59 Å². The van der Waals surface area contributed by atoms with Crippen LogP contribution in [-0.2, 0) is 11.2 Å². The SMILES string of the molecule is CCN(CC)C(=O)c1cccc(NC(=O)CCc2cccc(N)c2)c1. The van der Waals surface area contributed by atoms with Gasteiger partial charge in [0.1, 0.15) is 0 Å². The summed E-state index contributed by atoms with van der Waals surface area (Å²) in [6, 6.07) is 14.6. The van der Waals surface area contributed by atoms with Crippen LogP contribution < -0.4 is 11.1 Å². The van der Waals surface area contributed by atoms with Crippen molar-refractivity contribution in [3.63, 3.8) is 0 Å². The quantitative estimate of drug-likeness (QED) is 0.760. The summed E-state index contributed by atoms with van der Waals surface area (Å²) in [6.07, 6.45) is 0.979. The van der Waals surface area contributed by atoms with Gasteiger partial charge in [-0.1, -0.05) is 18.2 Å². The first-order chi connectivity index (χ1) is 12.0. The Balaban J connectivity index is 1.97. The molecule has 2 amide bonds. The van der Waals surface area contributed by atoms with Gasteiger partial charge in [0.05, 0.1) is 0 Å². The monoisotopic (exact) mass is 339 g/mol. The zero-order valence-corrected chi connectivity index (χ0v) is 14.8. The minimum Gasteiger partial charge on any atom is -0.399 e. The number of carbonyl (C=O) groups excluding carboxylic acids is 2. The molecule has 0 radical (unpaired) electrons. The average Bonchev–Trinajstić information content (AvgIpc) is 2.61. The molecule has 0 bridgehead atoms. The van der Waals surface area contributed by atoms with Gasteiger partial charge in [-0.3, -0.25) is 9.59 Å². The predicted octanol–water partition coefficient (Wildman–Crippen LogP) is 3.32. The van der Waals surface area contributed by atoms with E-state index >= 15 is 0 Å². The minimum absolute atomic E-state index is 0.0270. The first kappa shape index (κ1) is 18.5. The fourth-order valence-corrected chi connectivity index (χ4v) is 2.65. The molecule has 2 rings (SSSR count). The van der Waals surface area contributed by atoms with Gasteiger partial charge in [-0.05, 0) is 56.2 Å². The molecule has 25 heavy (non-hydrogen) atoms. The van der Waals surface area contributed by atoms with Crippen LogP contribution in [0.4, 0.5) is 11.4 Å². The van der Waals surface area contributed by atoms with Crippen LogP contribution in [0.15, 0.2) is 48.5 Å². The Morgan fingerprint density at radius 2 is 1.76 bits per heavy atom. The summed E-state index contributed by atoms with van der Waals surface area (Å²) >= 11 is 0. The van der Waals surface area contributed by atoms with Gasteiger partial charge in [-0.25, -0.2) is 0 Å². The van der Waals surface area contributed by atoms with E-state index in [-0.39, 0.29) is 11.8 Å². The maximum Gasteiger partial charge on any atom is 0.253 e. The number of hydrogen-bond donors (Lipinski definition) is 2. The number of nitrogens with zero attached hydrogens (tertiary/aromatic N) is 1. The largest absolute Gasteiger partial charge is 0.399 e. The van der Waals surface area contributed by atoms with Gasteiger partial charge in [0.25, 0.3) is 5.91 Å². The average molecular weight is 339 g/mol. The van der Waals surface area contributed by atoms with E-state index in [0.717, 1.165) is 5.56 Å². The van der Waals surface area contributed by atoms with E-state index in [0.29, 0.717) is 42.9 Å². The molecular formula is C20H25N3O2. The second-order valence-electron chi connectivity index (χ2n) is 5.85. The first-order valence-corrected chi connectivity index (χ1v) is 8.57. The van der Waals surface area contributed by atoms with Gasteiger partial charge in [-0.2, -0.15) is 0 Å². The van der Waals surface area contributed by atoms with Crippen molar-refractivity contribution in [2.75, 3.05) is 24.1 Å². The topological polar surface area (TPSA) is 75.4 Å². The van der Waals surface area contributed by atoms with Crippen LogP contribution in [0.2, 0.25) is 0 Å². The zero-order chi connectivity index (χ0) is 18.2. The molecule has 0 aromatic heterocycles. The van der Waals surface area contributed by atoms with Crippen molar-refractivity contribution < 1.29 is 9.59 Å². The number of nitrogen functional groups attached to an aromatic ring is 1. The predicted molar refractivity (Wildman–Crippen MR) is 101 cm³/mol. The van der Waals surface area contributed by atoms with Gasteiger partial charge in [0.15, 0.2) is 0 Å². The molecule has 3 N–H and O–H groups in total. The van der Waals surface area contributed by atoms with Crippen LogP contribution in [0, 0.1) is 0 Å². The van der Waals surface area contributed by atoms with Crippen LogP contribution in [0.5, 0.6) is 0 Å². The molecule has 0 heterocycles. The van der Waals surface area contributed by atoms with Crippen LogP contribution >= 0.6 is 0 Å². The number of carbonyl (C=O) groups is 2. The highest BCUT2D eigenvalue weighted by Gasteiger charge is 2.13. The fourth-order valence-electron chi connectivity index (χ4n) is 2.65. The van der Waals surface area contributed by atoms with Crippen LogP contribution in [0.3, 0.4) is 0 Å². The number of hydrogen-bond acceptors (Lipinski definition) is 3. The Labute approximate surface area is 148 Å². The molecule has 0 unspecified atom stereocenters. The minimum atomic E-state index is -0.0881. The number of aryl methyl sites for hydroxylation is 1. The highest BCUT2D eigenvalue weighted by Crippen LogP contribution is 2.14. The lowest BCUT2D eigenvalue weighted by molar-refractivity contribution is -0.116. The third kappa shape index (κ3) is 5.35. The van der Waals surface area contributed by atoms with Gasteiger partial charge >= 0.3 is 0 Å². The third-order valence-corrected chi connectivity index (χ3v) is 4.04. The number of amides is 2. The molecule has 0 saturated heterocycles. The van der Waals surface area contributed by atoms with Crippen molar-refractivity contribution in [1.82, 2.24) is 4.90 Å². The first-order valence-electron chi connectivity index (χ1n) is 8.57. The van der Waals surface area contributed by atoms with Gasteiger partial charge in [-0.15, -0.1) is 0 Å². The number of nitrogens with one attached hydrogen (secondary N) is 1. The molecule has 0 aliphatic heterocycles. The highest BCUT2D eigenvalue weighted by atomic mass is 16.2. The molecule has 2 aromatic rings. The van der Waals surface area contributed by atoms with Crippen molar-refractivity contribution in [2.45, 2.75) is 26.7 Å². The normalized spacial score (nSPS) is 10.3. The highest BCUT2D eigenvalue weighted by molar-refractivity contribution is 5.97. The Morgan fingerprint density at radius 3 is 2.44 bits per heavy atom. The Kier molecular flexibility index (Phi) is 6.57. The summed E-state index contributed by atoms with van der Waals surface area (Å²) < 4.78 is 0. The summed E-state index contributed by atoms with van der Waals surface area (Å²) in [5.41, 5.74) is 8.68. The molecule has 0 fully saturated rings. The smallest absolute Gasteiger partial charge is 0.253 e. The van der Waals surface area contributed by atoms with Crippen LogP contribution in [0.25, 0.3) is 0 Å². The van der Waals surface area contributed by atoms with E-state index in [1.54, 1.807) is 29.2 Å². The van der Waals surface area contributed by atoms with Crippen LogP contribution in [0.1, 0.15) is 36.2 Å². The molecule has 132 valence electrons. The zero-order valence-electron chi connectivity index (χ0n) is 14.8. The maximum atomic E-state index is 12.4. The molecule has 2 aromatic carbocycles. The summed E-state index contributed by atoms with van der Waals surface area (Å²) in [4.78, 5) is 26.3. The van der Waals surface area contributed by atoms with Crippen LogP contribution in [-0.4, -0.2) is 29.8 Å². The van der Waals surface area contributed by atoms with Crippen molar-refractivity contribution >= 4 is 23.2 Å². The lowest BCUT2D eigenvalue weighted by Crippen LogP contribution is -2.30. The second-order valence-corrected chi connectivity index (χ2v) is 5.85. The molecule has 5 nitrogen and oxygen atoms in total. The second kappa shape index (κ2) is 8.87. The van der Waals surface area contributed by atoms with E-state index in [1.807, 2.05) is 38.1 Å². The van der Waals surface area contributed by atoms with Gasteiger partial charge in [0.2, 0.25) is 5.91 Å². The Hall–Kier alpha value is -2.82. The molecule has 0 spiro atoms. The van der Waals surface area contributed by atoms with E-state index in [1.165, 1.54) is 0 Å². The van der Waals surface area contributed by atoms with Crippen molar-refractivity contribution in [1.29, 1.82) is 0 Å². The maximum absolute atomic E-state index is 12.4. The van der Waals surface area contributed by atoms with E-state index in [4.69, 9.17) is 5.73 Å². The number of nitrogens with two attached hydrogens (primary N) is 1. The summed E-state index contributed by atoms with van der Waals surface area (Å²) in [7, 11) is 0. The van der Waals surface area contributed by atoms with E-state index < -0.39 is 0 Å². The molecule has 0 atom stereocenters. The lowest BCUT2D eigenvalue weighted by Gasteiger charge is -2.19. The summed E-state index contributed by atoms with van der Waals surface area (Å²) in [5, 5.41) is 2.86. The third-order valence-electron chi connectivity index (χ3n) is 4.04.